The van der Waals surface area contributed by atoms with Gasteiger partial charge in [-0.05, 0) is 19.3 Å². The Hall–Kier alpha value is -0.860. The third kappa shape index (κ3) is 23.8. The highest BCUT2D eigenvalue weighted by Crippen LogP contribution is 2.16. The van der Waals surface area contributed by atoms with Gasteiger partial charge in [0.2, 0.25) is 6.29 Å². The van der Waals surface area contributed by atoms with E-state index in [1.54, 1.807) is 0 Å². The molecule has 0 amide bonds. The van der Waals surface area contributed by atoms with E-state index < -0.39 is 0 Å². The summed E-state index contributed by atoms with van der Waals surface area (Å²) in [5.74, 6) is -0.132. The maximum absolute atomic E-state index is 12.1. The average molecular weight is 452 g/mol. The molecule has 32 heavy (non-hydrogen) atoms. The molecule has 1 unspecified atom stereocenters. The van der Waals surface area contributed by atoms with Crippen molar-refractivity contribution < 1.29 is 14.3 Å². The van der Waals surface area contributed by atoms with Gasteiger partial charge in [0.15, 0.2) is 0 Å². The van der Waals surface area contributed by atoms with Gasteiger partial charge in [-0.25, -0.2) is 0 Å². The summed E-state index contributed by atoms with van der Waals surface area (Å²) >= 11 is 0. The van der Waals surface area contributed by atoms with Gasteiger partial charge in [0, 0.05) is 6.42 Å². The topological polar surface area (TPSA) is 43.4 Å². The van der Waals surface area contributed by atoms with Crippen LogP contribution in [0.2, 0.25) is 0 Å². The third-order valence-corrected chi connectivity index (χ3v) is 6.47. The Morgan fingerprint density at radius 1 is 0.594 bits per heavy atom. The summed E-state index contributed by atoms with van der Waals surface area (Å²) in [6, 6.07) is 0. The normalized spacial score (nSPS) is 12.1. The van der Waals surface area contributed by atoms with Crippen molar-refractivity contribution in [3.05, 3.63) is 0 Å². The fraction of sp³-hybridized carbons (Fsp3) is 0.931. The van der Waals surface area contributed by atoms with Gasteiger partial charge in [-0.1, -0.05) is 136 Å². The molecule has 0 aromatic rings. The van der Waals surface area contributed by atoms with Crippen LogP contribution < -0.4 is 0 Å². The summed E-state index contributed by atoms with van der Waals surface area (Å²) in [5.41, 5.74) is 0. The fourth-order valence-electron chi connectivity index (χ4n) is 4.33. The van der Waals surface area contributed by atoms with Crippen LogP contribution in [-0.2, 0) is 14.3 Å². The summed E-state index contributed by atoms with van der Waals surface area (Å²) in [6.45, 7) is 4.50. The van der Waals surface area contributed by atoms with Crippen molar-refractivity contribution in [3.8, 4) is 0 Å². The quantitative estimate of drug-likeness (QED) is 0.0971. The molecule has 0 saturated carbocycles. The second kappa shape index (κ2) is 26.4. The first-order valence-corrected chi connectivity index (χ1v) is 14.3. The van der Waals surface area contributed by atoms with Gasteiger partial charge in [0.1, 0.15) is 6.10 Å². The molecule has 3 nitrogen and oxygen atoms in total. The van der Waals surface area contributed by atoms with Gasteiger partial charge in [-0.3, -0.25) is 9.59 Å². The van der Waals surface area contributed by atoms with Gasteiger partial charge < -0.3 is 4.74 Å². The lowest BCUT2D eigenvalue weighted by atomic mass is 10.0. The lowest BCUT2D eigenvalue weighted by Crippen LogP contribution is -2.18. The standard InChI is InChI=1S/C29H55O3/c1-3-5-7-9-11-12-13-14-15-16-17-19-21-23-25-29(31)32-28(26-27-30)24-22-20-18-10-8-6-4-2/h28H,3-26H2,1-2H3. The molecule has 3 heteroatoms. The van der Waals surface area contributed by atoms with Crippen LogP contribution in [0.15, 0.2) is 0 Å². The van der Waals surface area contributed by atoms with E-state index in [4.69, 9.17) is 4.74 Å². The highest BCUT2D eigenvalue weighted by Gasteiger charge is 2.14. The molecule has 0 aliphatic carbocycles. The van der Waals surface area contributed by atoms with Crippen molar-refractivity contribution >= 4 is 12.3 Å². The van der Waals surface area contributed by atoms with E-state index in [0.717, 1.165) is 32.1 Å². The molecule has 1 radical (unpaired) electrons. The number of rotatable bonds is 26. The van der Waals surface area contributed by atoms with Gasteiger partial charge in [-0.2, -0.15) is 0 Å². The number of carbonyl (C=O) groups excluding carboxylic acids is 2. The van der Waals surface area contributed by atoms with Crippen LogP contribution in [0.5, 0.6) is 0 Å². The molecule has 0 heterocycles. The number of ether oxygens (including phenoxy) is 1. The van der Waals surface area contributed by atoms with Gasteiger partial charge >= 0.3 is 5.97 Å². The van der Waals surface area contributed by atoms with Crippen LogP contribution >= 0.6 is 0 Å². The van der Waals surface area contributed by atoms with Crippen molar-refractivity contribution in [1.29, 1.82) is 0 Å². The molecule has 0 N–H and O–H groups in total. The molecule has 189 valence electrons. The zero-order valence-corrected chi connectivity index (χ0v) is 21.8. The number of hydrogen-bond donors (Lipinski definition) is 0. The smallest absolute Gasteiger partial charge is 0.306 e. The summed E-state index contributed by atoms with van der Waals surface area (Å²) in [7, 11) is 0. The first-order valence-electron chi connectivity index (χ1n) is 14.3. The highest BCUT2D eigenvalue weighted by atomic mass is 16.5. The molecule has 0 saturated heterocycles. The molecule has 0 rings (SSSR count). The molecule has 0 aliphatic heterocycles. The molecular formula is C29H55O3. The molecule has 0 aromatic heterocycles. The Morgan fingerprint density at radius 2 is 0.969 bits per heavy atom. The SMILES string of the molecule is CCCCCCCCCCCCCCCCC(=O)OC(C[C]=O)CCCCCCCCC. The zero-order valence-electron chi connectivity index (χ0n) is 21.8. The molecule has 0 fully saturated rings. The number of hydrogen-bond acceptors (Lipinski definition) is 3. The molecule has 0 aliphatic rings. The van der Waals surface area contributed by atoms with E-state index in [-0.39, 0.29) is 18.5 Å². The number of unbranched alkanes of at least 4 members (excludes halogenated alkanes) is 19. The van der Waals surface area contributed by atoms with E-state index in [1.165, 1.54) is 109 Å². The van der Waals surface area contributed by atoms with E-state index in [0.29, 0.717) is 6.42 Å². The van der Waals surface area contributed by atoms with Crippen LogP contribution in [0.1, 0.15) is 168 Å². The first-order chi connectivity index (χ1) is 15.7. The fourth-order valence-corrected chi connectivity index (χ4v) is 4.33. The number of esters is 1. The lowest BCUT2D eigenvalue weighted by Gasteiger charge is -2.15. The molecular weight excluding hydrogens is 396 g/mol. The minimum Gasteiger partial charge on any atom is -0.462 e. The van der Waals surface area contributed by atoms with E-state index in [9.17, 15) is 9.59 Å². The zero-order chi connectivity index (χ0) is 23.5. The van der Waals surface area contributed by atoms with Crippen molar-refractivity contribution in [3.63, 3.8) is 0 Å². The van der Waals surface area contributed by atoms with Crippen molar-refractivity contribution in [1.82, 2.24) is 0 Å². The van der Waals surface area contributed by atoms with Gasteiger partial charge in [0.05, 0.1) is 6.42 Å². The monoisotopic (exact) mass is 451 g/mol. The third-order valence-electron chi connectivity index (χ3n) is 6.47. The van der Waals surface area contributed by atoms with Crippen molar-refractivity contribution in [2.75, 3.05) is 0 Å². The Bertz CT molecular complexity index is 394. The molecule has 0 bridgehead atoms. The minimum atomic E-state index is -0.262. The Morgan fingerprint density at radius 3 is 1.38 bits per heavy atom. The van der Waals surface area contributed by atoms with Crippen LogP contribution in [0.3, 0.4) is 0 Å². The maximum atomic E-state index is 12.1. The number of carbonyl (C=O) groups is 1. The summed E-state index contributed by atoms with van der Waals surface area (Å²) in [4.78, 5) is 22.9. The Labute approximate surface area is 200 Å². The second-order valence-corrected chi connectivity index (χ2v) is 9.72. The summed E-state index contributed by atoms with van der Waals surface area (Å²) in [6.07, 6.45) is 30.2. The molecule has 0 aromatic carbocycles. The Balaban J connectivity index is 3.51. The predicted molar refractivity (Wildman–Crippen MR) is 138 cm³/mol. The van der Waals surface area contributed by atoms with Gasteiger partial charge in [0.25, 0.3) is 0 Å². The van der Waals surface area contributed by atoms with Crippen LogP contribution in [-0.4, -0.2) is 18.4 Å². The lowest BCUT2D eigenvalue weighted by molar-refractivity contribution is -0.149. The first kappa shape index (κ1) is 31.1. The summed E-state index contributed by atoms with van der Waals surface area (Å²) in [5, 5.41) is 0. The minimum absolute atomic E-state index is 0.132. The predicted octanol–water partition coefficient (Wildman–Crippen LogP) is 9.41. The average Bonchev–Trinajstić information content (AvgIpc) is 2.78. The van der Waals surface area contributed by atoms with E-state index >= 15 is 0 Å². The van der Waals surface area contributed by atoms with Crippen molar-refractivity contribution in [2.24, 2.45) is 0 Å². The van der Waals surface area contributed by atoms with Crippen LogP contribution in [0, 0.1) is 0 Å². The van der Waals surface area contributed by atoms with Crippen LogP contribution in [0.25, 0.3) is 0 Å². The van der Waals surface area contributed by atoms with Crippen LogP contribution in [0.4, 0.5) is 0 Å². The molecule has 0 spiro atoms. The van der Waals surface area contributed by atoms with E-state index in [1.807, 2.05) is 6.29 Å². The maximum Gasteiger partial charge on any atom is 0.306 e. The summed E-state index contributed by atoms with van der Waals surface area (Å²) < 4.78 is 5.55. The Kier molecular flexibility index (Phi) is 25.7. The largest absolute Gasteiger partial charge is 0.462 e. The second-order valence-electron chi connectivity index (χ2n) is 9.72. The van der Waals surface area contributed by atoms with Crippen molar-refractivity contribution in [2.45, 2.75) is 174 Å². The van der Waals surface area contributed by atoms with Gasteiger partial charge in [-0.15, -0.1) is 0 Å². The highest BCUT2D eigenvalue weighted by molar-refractivity contribution is 5.69. The van der Waals surface area contributed by atoms with E-state index in [2.05, 4.69) is 13.8 Å². The molecule has 1 atom stereocenters.